The predicted molar refractivity (Wildman–Crippen MR) is 82.5 cm³/mol. The van der Waals surface area contributed by atoms with Gasteiger partial charge >= 0.3 is 5.97 Å². The second kappa shape index (κ2) is 6.62. The van der Waals surface area contributed by atoms with E-state index in [4.69, 9.17) is 20.8 Å². The van der Waals surface area contributed by atoms with Crippen molar-refractivity contribution in [1.29, 1.82) is 0 Å². The zero-order valence-electron chi connectivity index (χ0n) is 11.8. The van der Waals surface area contributed by atoms with E-state index in [9.17, 15) is 9.18 Å². The number of hydrogen-bond acceptors (Lipinski definition) is 4. The molecule has 1 aromatic heterocycles. The van der Waals surface area contributed by atoms with E-state index in [1.54, 1.807) is 0 Å². The van der Waals surface area contributed by atoms with Gasteiger partial charge in [-0.2, -0.15) is 0 Å². The molecule has 116 valence electrons. The van der Waals surface area contributed by atoms with Crippen molar-refractivity contribution in [2.45, 2.75) is 6.61 Å². The van der Waals surface area contributed by atoms with E-state index in [-0.39, 0.29) is 23.1 Å². The van der Waals surface area contributed by atoms with Gasteiger partial charge < -0.3 is 9.15 Å². The molecule has 0 radical (unpaired) electrons. The van der Waals surface area contributed by atoms with Crippen LogP contribution >= 0.6 is 11.6 Å². The van der Waals surface area contributed by atoms with E-state index in [0.717, 1.165) is 11.6 Å². The molecule has 0 saturated heterocycles. The number of rotatable bonds is 4. The number of benzene rings is 2. The van der Waals surface area contributed by atoms with Crippen LogP contribution in [-0.4, -0.2) is 11.0 Å². The highest BCUT2D eigenvalue weighted by Crippen LogP contribution is 2.22. The Morgan fingerprint density at radius 1 is 1.17 bits per heavy atom. The number of ether oxygens (including phenoxy) is 1. The monoisotopic (exact) mass is 331 g/mol. The van der Waals surface area contributed by atoms with Crippen molar-refractivity contribution in [3.05, 3.63) is 77.0 Å². The number of hydrogen-bond donors (Lipinski definition) is 0. The van der Waals surface area contributed by atoms with Gasteiger partial charge in [-0.25, -0.2) is 14.2 Å². The largest absolute Gasteiger partial charge is 0.452 e. The Hall–Kier alpha value is -2.66. The van der Waals surface area contributed by atoms with Crippen LogP contribution in [0.3, 0.4) is 0 Å². The molecule has 0 saturated carbocycles. The molecule has 0 aliphatic heterocycles. The van der Waals surface area contributed by atoms with Crippen molar-refractivity contribution in [1.82, 2.24) is 4.98 Å². The van der Waals surface area contributed by atoms with Crippen molar-refractivity contribution >= 4 is 17.6 Å². The van der Waals surface area contributed by atoms with Crippen LogP contribution in [0.15, 0.2) is 59.1 Å². The summed E-state index contributed by atoms with van der Waals surface area (Å²) in [5.74, 6) is -0.835. The van der Waals surface area contributed by atoms with Crippen molar-refractivity contribution in [3.63, 3.8) is 0 Å². The molecule has 1 heterocycles. The molecule has 0 amide bonds. The fourth-order valence-electron chi connectivity index (χ4n) is 2.01. The van der Waals surface area contributed by atoms with Gasteiger partial charge in [-0.05, 0) is 12.1 Å². The number of carbonyl (C=O) groups excluding carboxylic acids is 1. The first-order valence-corrected chi connectivity index (χ1v) is 7.14. The number of oxazole rings is 1. The summed E-state index contributed by atoms with van der Waals surface area (Å²) < 4.78 is 24.1. The highest BCUT2D eigenvalue weighted by Gasteiger charge is 2.18. The molecule has 3 aromatic rings. The molecule has 2 aromatic carbocycles. The molecule has 0 aliphatic carbocycles. The van der Waals surface area contributed by atoms with Gasteiger partial charge in [0.1, 0.15) is 11.4 Å². The molecule has 0 fully saturated rings. The topological polar surface area (TPSA) is 52.3 Å². The predicted octanol–water partition coefficient (Wildman–Crippen LogP) is 4.49. The van der Waals surface area contributed by atoms with Crippen molar-refractivity contribution in [2.24, 2.45) is 0 Å². The Kier molecular flexibility index (Phi) is 4.39. The molecule has 0 atom stereocenters. The number of aromatic nitrogens is 1. The summed E-state index contributed by atoms with van der Waals surface area (Å²) in [6, 6.07) is 13.3. The number of halogens is 2. The SMILES string of the molecule is O=C(OCc1ncc(-c2ccccc2)o1)c1c(F)cccc1Cl. The lowest BCUT2D eigenvalue weighted by molar-refractivity contribution is 0.0434. The van der Waals surface area contributed by atoms with Crippen LogP contribution in [0, 0.1) is 5.82 Å². The van der Waals surface area contributed by atoms with E-state index >= 15 is 0 Å². The summed E-state index contributed by atoms with van der Waals surface area (Å²) in [6.45, 7) is -0.212. The Labute approximate surface area is 136 Å². The van der Waals surface area contributed by atoms with Crippen molar-refractivity contribution < 1.29 is 18.3 Å². The van der Waals surface area contributed by atoms with E-state index in [0.29, 0.717) is 5.76 Å². The van der Waals surface area contributed by atoms with Gasteiger partial charge in [0.15, 0.2) is 12.4 Å². The summed E-state index contributed by atoms with van der Waals surface area (Å²) in [4.78, 5) is 16.0. The van der Waals surface area contributed by atoms with Crippen LogP contribution in [0.1, 0.15) is 16.2 Å². The molecule has 23 heavy (non-hydrogen) atoms. The smallest absolute Gasteiger partial charge is 0.343 e. The minimum Gasteiger partial charge on any atom is -0.452 e. The third-order valence-electron chi connectivity index (χ3n) is 3.11. The maximum atomic E-state index is 13.6. The van der Waals surface area contributed by atoms with Crippen LogP contribution in [0.25, 0.3) is 11.3 Å². The number of carbonyl (C=O) groups is 1. The maximum absolute atomic E-state index is 13.6. The maximum Gasteiger partial charge on any atom is 0.343 e. The standard InChI is InChI=1S/C17H11ClFNO3/c18-12-7-4-8-13(19)16(12)17(21)22-10-15-20-9-14(23-15)11-5-2-1-3-6-11/h1-9H,10H2. The zero-order chi connectivity index (χ0) is 16.2. The van der Waals surface area contributed by atoms with Crippen molar-refractivity contribution in [3.8, 4) is 11.3 Å². The molecule has 0 aliphatic rings. The van der Waals surface area contributed by atoms with Gasteiger partial charge in [-0.1, -0.05) is 48.0 Å². The van der Waals surface area contributed by atoms with Crippen LogP contribution in [0.4, 0.5) is 4.39 Å². The molecular formula is C17H11ClFNO3. The lowest BCUT2D eigenvalue weighted by atomic mass is 10.2. The summed E-state index contributed by atoms with van der Waals surface area (Å²) in [5.41, 5.74) is 0.554. The molecule has 0 N–H and O–H groups in total. The molecule has 3 rings (SSSR count). The summed E-state index contributed by atoms with van der Waals surface area (Å²) in [6.07, 6.45) is 1.54. The first-order valence-electron chi connectivity index (χ1n) is 6.76. The second-order valence-electron chi connectivity index (χ2n) is 4.66. The normalized spacial score (nSPS) is 10.5. The van der Waals surface area contributed by atoms with E-state index < -0.39 is 11.8 Å². The van der Waals surface area contributed by atoms with Gasteiger partial charge in [0.05, 0.1) is 11.2 Å². The number of nitrogens with zero attached hydrogens (tertiary/aromatic N) is 1. The fraction of sp³-hybridized carbons (Fsp3) is 0.0588. The average molecular weight is 332 g/mol. The quantitative estimate of drug-likeness (QED) is 0.661. The highest BCUT2D eigenvalue weighted by atomic mass is 35.5. The van der Waals surface area contributed by atoms with Crippen LogP contribution in [-0.2, 0) is 11.3 Å². The third-order valence-corrected chi connectivity index (χ3v) is 3.42. The molecule has 0 bridgehead atoms. The van der Waals surface area contributed by atoms with E-state index in [1.807, 2.05) is 30.3 Å². The third kappa shape index (κ3) is 3.40. The minimum atomic E-state index is -0.868. The van der Waals surface area contributed by atoms with Gasteiger partial charge in [0.25, 0.3) is 0 Å². The lowest BCUT2D eigenvalue weighted by Gasteiger charge is -2.05. The van der Waals surface area contributed by atoms with Crippen LogP contribution in [0.5, 0.6) is 0 Å². The molecule has 0 unspecified atom stereocenters. The lowest BCUT2D eigenvalue weighted by Crippen LogP contribution is -2.08. The number of esters is 1. The molecule has 0 spiro atoms. The van der Waals surface area contributed by atoms with Gasteiger partial charge in [0.2, 0.25) is 5.89 Å². The van der Waals surface area contributed by atoms with E-state index in [1.165, 1.54) is 18.3 Å². The summed E-state index contributed by atoms with van der Waals surface area (Å²) in [5, 5.41) is -0.00706. The van der Waals surface area contributed by atoms with Crippen LogP contribution in [0.2, 0.25) is 5.02 Å². The molecule has 4 nitrogen and oxygen atoms in total. The first-order chi connectivity index (χ1) is 11.1. The van der Waals surface area contributed by atoms with Gasteiger partial charge in [-0.15, -0.1) is 0 Å². The van der Waals surface area contributed by atoms with Gasteiger partial charge in [0, 0.05) is 5.56 Å². The van der Waals surface area contributed by atoms with Gasteiger partial charge in [-0.3, -0.25) is 0 Å². The van der Waals surface area contributed by atoms with E-state index in [2.05, 4.69) is 4.98 Å². The Balaban J connectivity index is 1.70. The Bertz CT molecular complexity index is 813. The minimum absolute atomic E-state index is 0.00706. The first kappa shape index (κ1) is 15.2. The Morgan fingerprint density at radius 3 is 2.70 bits per heavy atom. The summed E-state index contributed by atoms with van der Waals surface area (Å²) in [7, 11) is 0. The molecular weight excluding hydrogens is 321 g/mol. The summed E-state index contributed by atoms with van der Waals surface area (Å²) >= 11 is 5.81. The highest BCUT2D eigenvalue weighted by molar-refractivity contribution is 6.33. The van der Waals surface area contributed by atoms with Crippen LogP contribution < -0.4 is 0 Å². The fourth-order valence-corrected chi connectivity index (χ4v) is 2.25. The zero-order valence-corrected chi connectivity index (χ0v) is 12.6. The van der Waals surface area contributed by atoms with Crippen molar-refractivity contribution in [2.75, 3.05) is 0 Å². The molecule has 6 heteroatoms. The Morgan fingerprint density at radius 2 is 1.96 bits per heavy atom. The average Bonchev–Trinajstić information content (AvgIpc) is 3.02. The second-order valence-corrected chi connectivity index (χ2v) is 5.06.